The number of carbonyl (C=O) groups excluding carboxylic acids is 2. The number of amides is 1. The van der Waals surface area contributed by atoms with Gasteiger partial charge in [0.25, 0.3) is 5.91 Å². The molecule has 0 bridgehead atoms. The molecule has 1 amide bonds. The third-order valence-electron chi connectivity index (χ3n) is 4.41. The standard InChI is InChI=1S/C21H20FNO4/c1-12-8-16-15(11-26-19(16)9-13(12)2)10-20(24)27-14(3)21(25)23-18-7-5-4-6-17(18)22/h4-9,11,14H,10H2,1-3H3,(H,23,25)/t14-/m0/s1. The Morgan fingerprint density at radius 1 is 1.19 bits per heavy atom. The van der Waals surface area contributed by atoms with Gasteiger partial charge in [0.2, 0.25) is 0 Å². The number of esters is 1. The van der Waals surface area contributed by atoms with E-state index in [4.69, 9.17) is 9.15 Å². The normalized spacial score (nSPS) is 12.0. The zero-order chi connectivity index (χ0) is 19.6. The molecular formula is C21H20FNO4. The number of halogens is 1. The maximum Gasteiger partial charge on any atom is 0.311 e. The molecule has 3 rings (SSSR count). The number of furan rings is 1. The molecular weight excluding hydrogens is 349 g/mol. The van der Waals surface area contributed by atoms with E-state index >= 15 is 0 Å². The minimum absolute atomic E-state index is 0.0210. The fourth-order valence-electron chi connectivity index (χ4n) is 2.72. The van der Waals surface area contributed by atoms with Gasteiger partial charge in [-0.3, -0.25) is 9.59 Å². The topological polar surface area (TPSA) is 68.5 Å². The van der Waals surface area contributed by atoms with Crippen LogP contribution in [0.15, 0.2) is 47.1 Å². The van der Waals surface area contributed by atoms with Crippen molar-refractivity contribution in [3.8, 4) is 0 Å². The first-order valence-corrected chi connectivity index (χ1v) is 8.57. The zero-order valence-corrected chi connectivity index (χ0v) is 15.3. The average Bonchev–Trinajstić information content (AvgIpc) is 2.98. The number of hydrogen-bond acceptors (Lipinski definition) is 4. The summed E-state index contributed by atoms with van der Waals surface area (Å²) in [5.74, 6) is -1.72. The summed E-state index contributed by atoms with van der Waals surface area (Å²) in [6.07, 6.45) is 0.445. The highest BCUT2D eigenvalue weighted by Crippen LogP contribution is 2.25. The van der Waals surface area contributed by atoms with Crippen LogP contribution in [0.2, 0.25) is 0 Å². The summed E-state index contributed by atoms with van der Waals surface area (Å²) in [5, 5.41) is 3.25. The van der Waals surface area contributed by atoms with Crippen LogP contribution in [-0.4, -0.2) is 18.0 Å². The Labute approximate surface area is 156 Å². The van der Waals surface area contributed by atoms with Crippen molar-refractivity contribution in [2.75, 3.05) is 5.32 Å². The van der Waals surface area contributed by atoms with Crippen molar-refractivity contribution in [1.82, 2.24) is 0 Å². The van der Waals surface area contributed by atoms with Crippen molar-refractivity contribution >= 4 is 28.5 Å². The van der Waals surface area contributed by atoms with Crippen LogP contribution in [0.5, 0.6) is 0 Å². The van der Waals surface area contributed by atoms with Crippen molar-refractivity contribution < 1.29 is 23.1 Å². The third kappa shape index (κ3) is 4.16. The highest BCUT2D eigenvalue weighted by Gasteiger charge is 2.20. The lowest BCUT2D eigenvalue weighted by molar-refractivity contribution is -0.152. The monoisotopic (exact) mass is 369 g/mol. The van der Waals surface area contributed by atoms with E-state index < -0.39 is 23.8 Å². The molecule has 140 valence electrons. The number of para-hydroxylation sites is 1. The zero-order valence-electron chi connectivity index (χ0n) is 15.3. The van der Waals surface area contributed by atoms with Crippen LogP contribution in [0.1, 0.15) is 23.6 Å². The van der Waals surface area contributed by atoms with Crippen LogP contribution in [0.3, 0.4) is 0 Å². The first-order chi connectivity index (χ1) is 12.8. The van der Waals surface area contributed by atoms with Crippen molar-refractivity contribution in [1.29, 1.82) is 0 Å². The number of aryl methyl sites for hydroxylation is 2. The van der Waals surface area contributed by atoms with E-state index in [1.54, 1.807) is 6.07 Å². The molecule has 0 aliphatic heterocycles. The van der Waals surface area contributed by atoms with Crippen molar-refractivity contribution in [2.24, 2.45) is 0 Å². The summed E-state index contributed by atoms with van der Waals surface area (Å²) < 4.78 is 24.3. The lowest BCUT2D eigenvalue weighted by atomic mass is 10.0. The Kier molecular flexibility index (Phi) is 5.26. The van der Waals surface area contributed by atoms with Gasteiger partial charge >= 0.3 is 5.97 Å². The SMILES string of the molecule is Cc1cc2occ(CC(=O)O[C@@H](C)C(=O)Nc3ccccc3F)c2cc1C. The van der Waals surface area contributed by atoms with Crippen LogP contribution in [-0.2, 0) is 20.7 Å². The predicted octanol–water partition coefficient (Wildman–Crippen LogP) is 4.30. The molecule has 3 aromatic rings. The lowest BCUT2D eigenvalue weighted by Crippen LogP contribution is -2.30. The molecule has 1 atom stereocenters. The second-order valence-corrected chi connectivity index (χ2v) is 6.47. The van der Waals surface area contributed by atoms with Gasteiger partial charge in [0, 0.05) is 10.9 Å². The molecule has 0 unspecified atom stereocenters. The molecule has 1 aromatic heterocycles. The quantitative estimate of drug-likeness (QED) is 0.681. The van der Waals surface area contributed by atoms with Gasteiger partial charge < -0.3 is 14.5 Å². The van der Waals surface area contributed by atoms with Crippen molar-refractivity contribution in [2.45, 2.75) is 33.3 Å². The van der Waals surface area contributed by atoms with Gasteiger partial charge in [0.1, 0.15) is 11.4 Å². The van der Waals surface area contributed by atoms with Gasteiger partial charge in [-0.2, -0.15) is 0 Å². The molecule has 0 saturated carbocycles. The Bertz CT molecular complexity index is 1010. The smallest absolute Gasteiger partial charge is 0.311 e. The minimum atomic E-state index is -1.06. The summed E-state index contributed by atoms with van der Waals surface area (Å²) >= 11 is 0. The largest absolute Gasteiger partial charge is 0.464 e. The maximum absolute atomic E-state index is 13.6. The molecule has 0 aliphatic rings. The number of anilines is 1. The summed E-state index contributed by atoms with van der Waals surface area (Å²) in [7, 11) is 0. The van der Waals surface area contributed by atoms with Gasteiger partial charge in [0.05, 0.1) is 18.4 Å². The van der Waals surface area contributed by atoms with Crippen molar-refractivity contribution in [3.63, 3.8) is 0 Å². The first kappa shape index (κ1) is 18.6. The van der Waals surface area contributed by atoms with E-state index in [2.05, 4.69) is 5.32 Å². The fourth-order valence-corrected chi connectivity index (χ4v) is 2.72. The van der Waals surface area contributed by atoms with E-state index in [1.165, 1.54) is 31.4 Å². The Balaban J connectivity index is 1.64. The highest BCUT2D eigenvalue weighted by molar-refractivity contribution is 5.95. The number of fused-ring (bicyclic) bond motifs is 1. The van der Waals surface area contributed by atoms with Gasteiger partial charge in [-0.15, -0.1) is 0 Å². The van der Waals surface area contributed by atoms with Gasteiger partial charge in [0.15, 0.2) is 6.10 Å². The van der Waals surface area contributed by atoms with E-state index in [0.717, 1.165) is 16.5 Å². The number of hydrogen-bond donors (Lipinski definition) is 1. The van der Waals surface area contributed by atoms with E-state index in [0.29, 0.717) is 11.1 Å². The fraction of sp³-hybridized carbons (Fsp3) is 0.238. The highest BCUT2D eigenvalue weighted by atomic mass is 19.1. The second kappa shape index (κ2) is 7.61. The minimum Gasteiger partial charge on any atom is -0.464 e. The summed E-state index contributed by atoms with van der Waals surface area (Å²) in [5.41, 5.74) is 3.63. The Morgan fingerprint density at radius 3 is 2.63 bits per heavy atom. The number of benzene rings is 2. The third-order valence-corrected chi connectivity index (χ3v) is 4.41. The Morgan fingerprint density at radius 2 is 1.89 bits per heavy atom. The molecule has 1 heterocycles. The number of rotatable bonds is 5. The average molecular weight is 369 g/mol. The second-order valence-electron chi connectivity index (χ2n) is 6.47. The van der Waals surface area contributed by atoms with Crippen LogP contribution in [0.25, 0.3) is 11.0 Å². The molecule has 0 radical (unpaired) electrons. The molecule has 2 aromatic carbocycles. The molecule has 0 fully saturated rings. The molecule has 27 heavy (non-hydrogen) atoms. The van der Waals surface area contributed by atoms with Crippen LogP contribution in [0.4, 0.5) is 10.1 Å². The summed E-state index contributed by atoms with van der Waals surface area (Å²) in [6.45, 7) is 5.41. The van der Waals surface area contributed by atoms with E-state index in [9.17, 15) is 14.0 Å². The van der Waals surface area contributed by atoms with Crippen LogP contribution >= 0.6 is 0 Å². The van der Waals surface area contributed by atoms with Crippen LogP contribution in [0, 0.1) is 19.7 Å². The van der Waals surface area contributed by atoms with Gasteiger partial charge in [-0.1, -0.05) is 12.1 Å². The molecule has 0 aliphatic carbocycles. The maximum atomic E-state index is 13.6. The number of nitrogens with one attached hydrogen (secondary N) is 1. The van der Waals surface area contributed by atoms with Crippen molar-refractivity contribution in [3.05, 3.63) is 65.2 Å². The molecule has 0 saturated heterocycles. The predicted molar refractivity (Wildman–Crippen MR) is 100.0 cm³/mol. The summed E-state index contributed by atoms with van der Waals surface area (Å²) in [6, 6.07) is 9.68. The van der Waals surface area contributed by atoms with Gasteiger partial charge in [-0.25, -0.2) is 4.39 Å². The number of carbonyl (C=O) groups is 2. The van der Waals surface area contributed by atoms with Crippen LogP contribution < -0.4 is 5.32 Å². The molecule has 6 heteroatoms. The molecule has 1 N–H and O–H groups in total. The van der Waals surface area contributed by atoms with E-state index in [-0.39, 0.29) is 12.1 Å². The molecule has 0 spiro atoms. The summed E-state index contributed by atoms with van der Waals surface area (Å²) in [4.78, 5) is 24.3. The van der Waals surface area contributed by atoms with E-state index in [1.807, 2.05) is 26.0 Å². The van der Waals surface area contributed by atoms with Gasteiger partial charge in [-0.05, 0) is 56.2 Å². The number of ether oxygens (including phenoxy) is 1. The Hall–Kier alpha value is -3.15. The first-order valence-electron chi connectivity index (χ1n) is 8.57. The lowest BCUT2D eigenvalue weighted by Gasteiger charge is -2.13. The molecule has 5 nitrogen and oxygen atoms in total.